The van der Waals surface area contributed by atoms with E-state index in [-0.39, 0.29) is 19.0 Å². The minimum atomic E-state index is -4.42. The average molecular weight is 555 g/mol. The number of hydrogen-bond donors (Lipinski definition) is 1. The molecule has 3 aromatic carbocycles. The van der Waals surface area contributed by atoms with E-state index in [2.05, 4.69) is 12.2 Å². The molecule has 0 spiro atoms. The van der Waals surface area contributed by atoms with E-state index in [1.165, 1.54) is 68.2 Å². The molecule has 0 saturated heterocycles. The molecule has 5 nitrogen and oxygen atoms in total. The van der Waals surface area contributed by atoms with Crippen molar-refractivity contribution >= 4 is 17.6 Å². The number of anilines is 1. The third-order valence-electron chi connectivity index (χ3n) is 6.50. The van der Waals surface area contributed by atoms with Crippen LogP contribution in [0.25, 0.3) is 0 Å². The highest BCUT2D eigenvalue weighted by atomic mass is 19.4. The number of nitrogens with one attached hydrogen (secondary N) is 1. The van der Waals surface area contributed by atoms with Crippen LogP contribution in [0, 0.1) is 0 Å². The summed E-state index contributed by atoms with van der Waals surface area (Å²) < 4.78 is 38.5. The van der Waals surface area contributed by atoms with Crippen LogP contribution in [0.2, 0.25) is 0 Å². The molecule has 8 heteroatoms. The van der Waals surface area contributed by atoms with Crippen molar-refractivity contribution in [3.8, 4) is 0 Å². The molecular formula is C32H37F3N2O3. The predicted octanol–water partition coefficient (Wildman–Crippen LogP) is 8.34. The Kier molecular flexibility index (Phi) is 11.8. The summed E-state index contributed by atoms with van der Waals surface area (Å²) in [5, 5.41) is 4.28. The lowest BCUT2D eigenvalue weighted by Crippen LogP contribution is -2.25. The number of benzene rings is 3. The van der Waals surface area contributed by atoms with Gasteiger partial charge in [0.15, 0.2) is 0 Å². The lowest BCUT2D eigenvalue weighted by Gasteiger charge is -2.21. The third-order valence-corrected chi connectivity index (χ3v) is 6.50. The molecule has 0 aliphatic heterocycles. The second kappa shape index (κ2) is 15.2. The number of halogens is 3. The molecule has 3 rings (SSSR count). The van der Waals surface area contributed by atoms with Gasteiger partial charge >= 0.3 is 12.1 Å². The van der Waals surface area contributed by atoms with Crippen molar-refractivity contribution in [1.82, 2.24) is 5.06 Å². The Morgan fingerprint density at radius 1 is 0.750 bits per heavy atom. The molecule has 0 fully saturated rings. The van der Waals surface area contributed by atoms with E-state index >= 15 is 0 Å². The van der Waals surface area contributed by atoms with E-state index in [1.807, 2.05) is 24.3 Å². The van der Waals surface area contributed by atoms with Gasteiger partial charge in [-0.25, -0.2) is 0 Å². The fraction of sp³-hybridized carbons (Fsp3) is 0.375. The van der Waals surface area contributed by atoms with Crippen LogP contribution in [0.3, 0.4) is 0 Å². The SMILES string of the molecule is CCCCCCCCc1ccc(NC(=O)c2ccc(CN(Cc3ccc(C(F)(F)F)cc3)OC(C)=O)cc2)cc1. The first-order valence-electron chi connectivity index (χ1n) is 13.7. The van der Waals surface area contributed by atoms with Gasteiger partial charge in [0.2, 0.25) is 0 Å². The summed E-state index contributed by atoms with van der Waals surface area (Å²) in [7, 11) is 0. The van der Waals surface area contributed by atoms with Crippen molar-refractivity contribution in [2.24, 2.45) is 0 Å². The largest absolute Gasteiger partial charge is 0.416 e. The summed E-state index contributed by atoms with van der Waals surface area (Å²) in [5.41, 5.74) is 3.03. The highest BCUT2D eigenvalue weighted by Gasteiger charge is 2.30. The molecule has 0 bridgehead atoms. The van der Waals surface area contributed by atoms with Gasteiger partial charge in [-0.05, 0) is 65.9 Å². The Morgan fingerprint density at radius 2 is 1.27 bits per heavy atom. The number of alkyl halides is 3. The number of carbonyl (C=O) groups is 2. The molecule has 0 atom stereocenters. The smallest absolute Gasteiger partial charge is 0.368 e. The molecule has 0 heterocycles. The van der Waals surface area contributed by atoms with Crippen molar-refractivity contribution in [3.05, 3.63) is 101 Å². The van der Waals surface area contributed by atoms with Gasteiger partial charge in [0.25, 0.3) is 5.91 Å². The molecule has 3 aromatic rings. The minimum absolute atomic E-state index is 0.106. The normalized spacial score (nSPS) is 11.4. The molecule has 1 amide bonds. The quantitative estimate of drug-likeness (QED) is 0.161. The molecule has 214 valence electrons. The lowest BCUT2D eigenvalue weighted by molar-refractivity contribution is -0.194. The maximum Gasteiger partial charge on any atom is 0.416 e. The summed E-state index contributed by atoms with van der Waals surface area (Å²) in [6.07, 6.45) is 4.15. The molecule has 0 unspecified atom stereocenters. The molecule has 0 aliphatic carbocycles. The van der Waals surface area contributed by atoms with E-state index < -0.39 is 17.7 Å². The predicted molar refractivity (Wildman–Crippen MR) is 150 cm³/mol. The van der Waals surface area contributed by atoms with E-state index in [0.717, 1.165) is 29.8 Å². The minimum Gasteiger partial charge on any atom is -0.368 e. The van der Waals surface area contributed by atoms with Crippen LogP contribution in [0.4, 0.5) is 18.9 Å². The van der Waals surface area contributed by atoms with Crippen LogP contribution in [-0.4, -0.2) is 16.9 Å². The van der Waals surface area contributed by atoms with Gasteiger partial charge in [0.1, 0.15) is 0 Å². The number of aryl methyl sites for hydroxylation is 1. The number of hydroxylamine groups is 2. The first-order chi connectivity index (χ1) is 19.1. The monoisotopic (exact) mass is 554 g/mol. The summed E-state index contributed by atoms with van der Waals surface area (Å²) in [5.74, 6) is -0.780. The number of rotatable bonds is 14. The highest BCUT2D eigenvalue weighted by Crippen LogP contribution is 2.29. The van der Waals surface area contributed by atoms with Crippen LogP contribution < -0.4 is 5.32 Å². The Labute approximate surface area is 234 Å². The molecular weight excluding hydrogens is 517 g/mol. The van der Waals surface area contributed by atoms with Crippen molar-refractivity contribution in [3.63, 3.8) is 0 Å². The maximum absolute atomic E-state index is 12.8. The average Bonchev–Trinajstić information content (AvgIpc) is 2.91. The van der Waals surface area contributed by atoms with Crippen molar-refractivity contribution < 1.29 is 27.6 Å². The second-order valence-electron chi connectivity index (χ2n) is 9.94. The fourth-order valence-electron chi connectivity index (χ4n) is 4.34. The maximum atomic E-state index is 12.8. The zero-order chi connectivity index (χ0) is 29.0. The van der Waals surface area contributed by atoms with Crippen molar-refractivity contribution in [2.75, 3.05) is 5.32 Å². The first kappa shape index (κ1) is 30.9. The van der Waals surface area contributed by atoms with E-state index in [9.17, 15) is 22.8 Å². The Morgan fingerprint density at radius 3 is 1.82 bits per heavy atom. The van der Waals surface area contributed by atoms with E-state index in [0.29, 0.717) is 11.1 Å². The van der Waals surface area contributed by atoms with Crippen LogP contribution in [-0.2, 0) is 35.3 Å². The number of nitrogens with zero attached hydrogens (tertiary/aromatic N) is 1. The number of hydrogen-bond acceptors (Lipinski definition) is 4. The summed E-state index contributed by atoms with van der Waals surface area (Å²) >= 11 is 0. The zero-order valence-corrected chi connectivity index (χ0v) is 23.1. The first-order valence-corrected chi connectivity index (χ1v) is 13.7. The highest BCUT2D eigenvalue weighted by molar-refractivity contribution is 6.04. The standard InChI is InChI=1S/C32H37F3N2O3/c1-3-4-5-6-7-8-9-25-14-20-30(21-15-25)36-31(39)28-16-10-26(11-17-28)22-37(40-24(2)38)23-27-12-18-29(19-13-27)32(33,34)35/h10-21H,3-9,22-23H2,1-2H3,(H,36,39). The molecule has 0 radical (unpaired) electrons. The van der Waals surface area contributed by atoms with Crippen molar-refractivity contribution in [1.29, 1.82) is 0 Å². The van der Waals surface area contributed by atoms with E-state index in [4.69, 9.17) is 4.84 Å². The van der Waals surface area contributed by atoms with Crippen molar-refractivity contribution in [2.45, 2.75) is 78.1 Å². The second-order valence-corrected chi connectivity index (χ2v) is 9.94. The van der Waals surface area contributed by atoms with Crippen LogP contribution in [0.5, 0.6) is 0 Å². The van der Waals surface area contributed by atoms with Gasteiger partial charge in [-0.3, -0.25) is 9.59 Å². The topological polar surface area (TPSA) is 58.6 Å². The van der Waals surface area contributed by atoms with Crippen LogP contribution in [0.15, 0.2) is 72.8 Å². The molecule has 1 N–H and O–H groups in total. The van der Waals surface area contributed by atoms with Gasteiger partial charge in [-0.15, -0.1) is 5.06 Å². The third kappa shape index (κ3) is 10.5. The molecule has 0 aliphatic rings. The van der Waals surface area contributed by atoms with Gasteiger partial charge < -0.3 is 10.2 Å². The number of carbonyl (C=O) groups excluding carboxylic acids is 2. The van der Waals surface area contributed by atoms with E-state index in [1.54, 1.807) is 24.3 Å². The fourth-order valence-corrected chi connectivity index (χ4v) is 4.34. The summed E-state index contributed by atoms with van der Waals surface area (Å²) in [4.78, 5) is 29.6. The molecule has 40 heavy (non-hydrogen) atoms. The van der Waals surface area contributed by atoms with Gasteiger partial charge in [0.05, 0.1) is 18.7 Å². The Bertz CT molecular complexity index is 1210. The Balaban J connectivity index is 1.53. The lowest BCUT2D eigenvalue weighted by atomic mass is 10.0. The zero-order valence-electron chi connectivity index (χ0n) is 23.1. The molecule has 0 saturated carbocycles. The van der Waals surface area contributed by atoms with Gasteiger partial charge in [-0.2, -0.15) is 13.2 Å². The van der Waals surface area contributed by atoms with Gasteiger partial charge in [-0.1, -0.05) is 75.4 Å². The summed E-state index contributed by atoms with van der Waals surface area (Å²) in [6.45, 7) is 3.78. The Hall–Kier alpha value is -3.65. The summed E-state index contributed by atoms with van der Waals surface area (Å²) in [6, 6.07) is 19.5. The molecule has 0 aromatic heterocycles. The van der Waals surface area contributed by atoms with Gasteiger partial charge in [0, 0.05) is 18.2 Å². The van der Waals surface area contributed by atoms with Crippen LogP contribution >= 0.6 is 0 Å². The number of amides is 1. The number of unbranched alkanes of at least 4 members (excludes halogenated alkanes) is 5. The van der Waals surface area contributed by atoms with Crippen LogP contribution in [0.1, 0.15) is 85.0 Å².